The van der Waals surface area contributed by atoms with Crippen LogP contribution in [0.25, 0.3) is 0 Å². The number of benzene rings is 1. The number of halogens is 2. The molecule has 0 aliphatic carbocycles. The molecule has 1 radical (unpaired) electrons. The number of methoxy groups -OCH3 is 1. The lowest BCUT2D eigenvalue weighted by atomic mass is 10.3. The van der Waals surface area contributed by atoms with Gasteiger partial charge >= 0.3 is 5.97 Å². The van der Waals surface area contributed by atoms with Crippen molar-refractivity contribution in [2.45, 2.75) is 0 Å². The average molecular weight is 279 g/mol. The second-order valence-corrected chi connectivity index (χ2v) is 3.62. The molecule has 1 aromatic rings. The van der Waals surface area contributed by atoms with E-state index in [4.69, 9.17) is 16.3 Å². The number of carbonyl (C=O) groups is 1. The summed E-state index contributed by atoms with van der Waals surface area (Å²) in [5, 5.41) is 0.416. The van der Waals surface area contributed by atoms with Crippen LogP contribution in [0.15, 0.2) is 16.6 Å². The minimum atomic E-state index is -0.455. The third-order valence-corrected chi connectivity index (χ3v) is 2.16. The highest BCUT2D eigenvalue weighted by Crippen LogP contribution is 2.27. The Morgan fingerprint density at radius 1 is 1.71 bits per heavy atom. The minimum absolute atomic E-state index is 0.161. The van der Waals surface area contributed by atoms with Crippen LogP contribution in [-0.4, -0.2) is 19.7 Å². The molecule has 0 fully saturated rings. The first-order chi connectivity index (χ1) is 6.63. The highest BCUT2D eigenvalue weighted by molar-refractivity contribution is 9.10. The van der Waals surface area contributed by atoms with Gasteiger partial charge in [0.25, 0.3) is 0 Å². The van der Waals surface area contributed by atoms with E-state index >= 15 is 0 Å². The first kappa shape index (κ1) is 11.3. The maximum atomic E-state index is 10.8. The molecule has 0 heterocycles. The van der Waals surface area contributed by atoms with Crippen LogP contribution in [0.2, 0.25) is 5.02 Å². The molecule has 0 bridgehead atoms. The molecule has 1 aromatic carbocycles. The molecule has 0 aliphatic heterocycles. The zero-order valence-corrected chi connectivity index (χ0v) is 9.68. The van der Waals surface area contributed by atoms with Crippen molar-refractivity contribution in [3.63, 3.8) is 0 Å². The maximum Gasteiger partial charge on any atom is 0.343 e. The Bertz CT molecular complexity index is 341. The summed E-state index contributed by atoms with van der Waals surface area (Å²) in [4.78, 5) is 10.8. The van der Waals surface area contributed by atoms with Gasteiger partial charge in [-0.3, -0.25) is 0 Å². The lowest BCUT2D eigenvalue weighted by Crippen LogP contribution is -2.12. The van der Waals surface area contributed by atoms with Crippen molar-refractivity contribution in [1.29, 1.82) is 0 Å². The molecular weight excluding hydrogens is 271 g/mol. The van der Waals surface area contributed by atoms with E-state index < -0.39 is 5.97 Å². The van der Waals surface area contributed by atoms with Crippen molar-refractivity contribution in [3.8, 4) is 5.75 Å². The quantitative estimate of drug-likeness (QED) is 0.797. The Kier molecular flexibility index (Phi) is 4.22. The second kappa shape index (κ2) is 5.22. The van der Waals surface area contributed by atoms with Gasteiger partial charge in [0.1, 0.15) is 5.75 Å². The van der Waals surface area contributed by atoms with Gasteiger partial charge in [-0.1, -0.05) is 27.5 Å². The normalized spacial score (nSPS) is 9.64. The van der Waals surface area contributed by atoms with Gasteiger partial charge in [-0.25, -0.2) is 4.79 Å². The van der Waals surface area contributed by atoms with Crippen LogP contribution >= 0.6 is 27.5 Å². The molecule has 0 saturated carbocycles. The summed E-state index contributed by atoms with van der Waals surface area (Å²) < 4.78 is 10.2. The summed E-state index contributed by atoms with van der Waals surface area (Å²) in [6.07, 6.45) is 0. The van der Waals surface area contributed by atoms with Gasteiger partial charge in [-0.15, -0.1) is 0 Å². The Hall–Kier alpha value is -0.740. The van der Waals surface area contributed by atoms with Crippen molar-refractivity contribution < 1.29 is 14.3 Å². The fourth-order valence-electron chi connectivity index (χ4n) is 0.734. The number of hydrogen-bond acceptors (Lipinski definition) is 3. The highest BCUT2D eigenvalue weighted by atomic mass is 79.9. The molecule has 5 heteroatoms. The predicted octanol–water partition coefficient (Wildman–Crippen LogP) is 2.45. The first-order valence-electron chi connectivity index (χ1n) is 3.70. The van der Waals surface area contributed by atoms with Crippen molar-refractivity contribution in [2.24, 2.45) is 0 Å². The number of esters is 1. The van der Waals surface area contributed by atoms with E-state index in [1.807, 2.05) is 0 Å². The summed E-state index contributed by atoms with van der Waals surface area (Å²) in [6, 6.07) is 6.02. The van der Waals surface area contributed by atoms with E-state index in [0.717, 1.165) is 4.47 Å². The Morgan fingerprint density at radius 2 is 2.43 bits per heavy atom. The molecule has 0 amide bonds. The summed E-state index contributed by atoms with van der Waals surface area (Å²) >= 11 is 9.03. The largest absolute Gasteiger partial charge is 0.480 e. The Morgan fingerprint density at radius 3 is 3.00 bits per heavy atom. The zero-order valence-electron chi connectivity index (χ0n) is 7.34. The van der Waals surface area contributed by atoms with E-state index in [1.165, 1.54) is 7.11 Å². The molecule has 14 heavy (non-hydrogen) atoms. The molecule has 0 spiro atoms. The van der Waals surface area contributed by atoms with Crippen LogP contribution in [-0.2, 0) is 9.53 Å². The molecule has 0 atom stereocenters. The maximum absolute atomic E-state index is 10.8. The van der Waals surface area contributed by atoms with Crippen LogP contribution in [0.3, 0.4) is 0 Å². The van der Waals surface area contributed by atoms with Gasteiger partial charge in [0, 0.05) is 10.5 Å². The second-order valence-electron chi connectivity index (χ2n) is 2.36. The summed E-state index contributed by atoms with van der Waals surface area (Å²) in [6.45, 7) is -0.161. The van der Waals surface area contributed by atoms with Crippen LogP contribution in [0.1, 0.15) is 0 Å². The van der Waals surface area contributed by atoms with Crippen molar-refractivity contribution in [2.75, 3.05) is 13.7 Å². The highest BCUT2D eigenvalue weighted by Gasteiger charge is 2.05. The van der Waals surface area contributed by atoms with Crippen molar-refractivity contribution in [1.82, 2.24) is 0 Å². The number of hydrogen-bond donors (Lipinski definition) is 0. The van der Waals surface area contributed by atoms with Crippen LogP contribution in [0.4, 0.5) is 0 Å². The molecule has 0 aromatic heterocycles. The van der Waals surface area contributed by atoms with Gasteiger partial charge < -0.3 is 9.47 Å². The standard InChI is InChI=1S/C9H7BrClO3/c1-13-9(12)5-14-8-3-2-6(10)4-7(8)11/h3-4H,5H2,1H3. The summed E-state index contributed by atoms with van der Waals surface area (Å²) in [5.41, 5.74) is 0. The van der Waals surface area contributed by atoms with E-state index in [1.54, 1.807) is 12.1 Å². The average Bonchev–Trinajstić information content (AvgIpc) is 2.16. The zero-order chi connectivity index (χ0) is 10.6. The molecule has 1 rings (SSSR count). The topological polar surface area (TPSA) is 35.5 Å². The van der Waals surface area contributed by atoms with E-state index in [-0.39, 0.29) is 6.61 Å². The fraction of sp³-hybridized carbons (Fsp3) is 0.222. The smallest absolute Gasteiger partial charge is 0.343 e. The minimum Gasteiger partial charge on any atom is -0.480 e. The van der Waals surface area contributed by atoms with Gasteiger partial charge in [0.15, 0.2) is 6.61 Å². The first-order valence-corrected chi connectivity index (χ1v) is 4.87. The summed E-state index contributed by atoms with van der Waals surface area (Å²) in [7, 11) is 1.29. The van der Waals surface area contributed by atoms with Crippen LogP contribution in [0, 0.1) is 6.07 Å². The molecule has 0 N–H and O–H groups in total. The van der Waals surface area contributed by atoms with E-state index in [2.05, 4.69) is 26.7 Å². The molecule has 0 aliphatic rings. The van der Waals surface area contributed by atoms with Gasteiger partial charge in [-0.2, -0.15) is 0 Å². The van der Waals surface area contributed by atoms with Crippen molar-refractivity contribution in [3.05, 3.63) is 27.7 Å². The van der Waals surface area contributed by atoms with Gasteiger partial charge in [0.05, 0.1) is 12.1 Å². The predicted molar refractivity (Wildman–Crippen MR) is 55.5 cm³/mol. The number of carbonyl (C=O) groups excluding carboxylic acids is 1. The summed E-state index contributed by atoms with van der Waals surface area (Å²) in [5.74, 6) is -0.0516. The Balaban J connectivity index is 2.63. The number of ether oxygens (including phenoxy) is 2. The van der Waals surface area contributed by atoms with Gasteiger partial charge in [0.2, 0.25) is 0 Å². The lowest BCUT2D eigenvalue weighted by molar-refractivity contribution is -0.142. The number of rotatable bonds is 3. The molecular formula is C9H7BrClO3. The van der Waals surface area contributed by atoms with E-state index in [9.17, 15) is 4.79 Å². The third kappa shape index (κ3) is 3.20. The van der Waals surface area contributed by atoms with Crippen molar-refractivity contribution >= 4 is 33.5 Å². The van der Waals surface area contributed by atoms with E-state index in [0.29, 0.717) is 10.8 Å². The van der Waals surface area contributed by atoms with Gasteiger partial charge in [-0.05, 0) is 12.1 Å². The van der Waals surface area contributed by atoms with Crippen LogP contribution < -0.4 is 4.74 Å². The SMILES string of the molecule is COC(=O)COc1c[c]c(Br)cc1Cl. The molecule has 0 saturated heterocycles. The third-order valence-electron chi connectivity index (χ3n) is 1.40. The Labute approximate surface area is 95.1 Å². The monoisotopic (exact) mass is 277 g/mol. The lowest BCUT2D eigenvalue weighted by Gasteiger charge is -2.06. The fourth-order valence-corrected chi connectivity index (χ4v) is 1.43. The van der Waals surface area contributed by atoms with Crippen LogP contribution in [0.5, 0.6) is 5.75 Å². The molecule has 75 valence electrons. The molecule has 0 unspecified atom stereocenters. The molecule has 3 nitrogen and oxygen atoms in total.